The van der Waals surface area contributed by atoms with Crippen molar-refractivity contribution in [2.75, 3.05) is 39.0 Å². The molecule has 5 nitrogen and oxygen atoms in total. The van der Waals surface area contributed by atoms with E-state index >= 15 is 0 Å². The molecule has 2 amide bonds. The molecule has 0 bridgehead atoms. The van der Waals surface area contributed by atoms with Crippen molar-refractivity contribution in [1.29, 1.82) is 0 Å². The number of carbonyl (C=O) groups excluding carboxylic acids is 1. The molecule has 0 spiro atoms. The average molecular weight is 342 g/mol. The van der Waals surface area contributed by atoms with Gasteiger partial charge < -0.3 is 15.1 Å². The fourth-order valence-corrected chi connectivity index (χ4v) is 5.38. The Morgan fingerprint density at radius 1 is 1.09 bits per heavy atom. The maximum absolute atomic E-state index is 12.5. The molecule has 3 fully saturated rings. The van der Waals surface area contributed by atoms with Crippen LogP contribution < -0.4 is 5.32 Å². The Morgan fingerprint density at radius 3 is 2.43 bits per heavy atom. The van der Waals surface area contributed by atoms with Gasteiger partial charge in [-0.1, -0.05) is 6.42 Å². The summed E-state index contributed by atoms with van der Waals surface area (Å²) in [5.74, 6) is 0. The smallest absolute Gasteiger partial charge is 0.317 e. The third kappa shape index (κ3) is 3.90. The van der Waals surface area contributed by atoms with Crippen molar-refractivity contribution in [2.45, 2.75) is 62.2 Å². The highest BCUT2D eigenvalue weighted by molar-refractivity contribution is 7.85. The quantitative estimate of drug-likeness (QED) is 0.850. The summed E-state index contributed by atoms with van der Waals surface area (Å²) in [6.45, 7) is 4.76. The molecular formula is C17H31N3O2S. The number of hydrogen-bond donors (Lipinski definition) is 1. The van der Waals surface area contributed by atoms with Gasteiger partial charge in [-0.15, -0.1) is 0 Å². The summed E-state index contributed by atoms with van der Waals surface area (Å²) in [7, 11) is -0.854. The van der Waals surface area contributed by atoms with Crippen LogP contribution >= 0.6 is 0 Å². The molecule has 6 heteroatoms. The molecule has 2 saturated heterocycles. The van der Waals surface area contributed by atoms with Gasteiger partial charge in [0.25, 0.3) is 0 Å². The molecule has 0 aromatic rings. The number of urea groups is 1. The van der Waals surface area contributed by atoms with Crippen LogP contribution in [0.2, 0.25) is 0 Å². The Morgan fingerprint density at radius 2 is 1.83 bits per heavy atom. The van der Waals surface area contributed by atoms with Gasteiger partial charge in [0.2, 0.25) is 0 Å². The molecular weight excluding hydrogens is 310 g/mol. The van der Waals surface area contributed by atoms with E-state index in [0.29, 0.717) is 12.6 Å². The zero-order valence-corrected chi connectivity index (χ0v) is 15.2. The Kier molecular flexibility index (Phi) is 5.62. The molecule has 1 aliphatic carbocycles. The number of nitrogens with zero attached hydrogens (tertiary/aromatic N) is 2. The summed E-state index contributed by atoms with van der Waals surface area (Å²) in [4.78, 5) is 17.1. The minimum Gasteiger partial charge on any atom is -0.336 e. The summed E-state index contributed by atoms with van der Waals surface area (Å²) >= 11 is 0. The van der Waals surface area contributed by atoms with Crippen molar-refractivity contribution in [3.63, 3.8) is 0 Å². The van der Waals surface area contributed by atoms with Crippen molar-refractivity contribution in [3.8, 4) is 0 Å². The lowest BCUT2D eigenvalue weighted by molar-refractivity contribution is 0.190. The van der Waals surface area contributed by atoms with Gasteiger partial charge in [-0.25, -0.2) is 4.79 Å². The molecule has 0 unspecified atom stereocenters. The third-order valence-electron chi connectivity index (χ3n) is 6.08. The van der Waals surface area contributed by atoms with Gasteiger partial charge in [-0.05, 0) is 58.0 Å². The zero-order chi connectivity index (χ0) is 16.3. The van der Waals surface area contributed by atoms with E-state index in [-0.39, 0.29) is 10.8 Å². The maximum atomic E-state index is 12.5. The summed E-state index contributed by atoms with van der Waals surface area (Å²) in [5, 5.41) is 3.07. The summed E-state index contributed by atoms with van der Waals surface area (Å²) in [5.41, 5.74) is 0. The van der Waals surface area contributed by atoms with E-state index in [2.05, 4.69) is 10.2 Å². The molecule has 0 radical (unpaired) electrons. The lowest BCUT2D eigenvalue weighted by atomic mass is 9.84. The van der Waals surface area contributed by atoms with Crippen LogP contribution in [0.5, 0.6) is 0 Å². The van der Waals surface area contributed by atoms with Crippen LogP contribution in [0.3, 0.4) is 0 Å². The number of carbonyl (C=O) groups is 1. The van der Waals surface area contributed by atoms with E-state index in [1.807, 2.05) is 4.90 Å². The molecule has 132 valence electrons. The molecule has 0 aromatic heterocycles. The van der Waals surface area contributed by atoms with Gasteiger partial charge in [-0.3, -0.25) is 4.21 Å². The first kappa shape index (κ1) is 17.2. The van der Waals surface area contributed by atoms with Crippen molar-refractivity contribution in [2.24, 2.45) is 0 Å². The number of hydrogen-bond acceptors (Lipinski definition) is 3. The van der Waals surface area contributed by atoms with Crippen LogP contribution in [0.15, 0.2) is 0 Å². The number of rotatable bonds is 4. The van der Waals surface area contributed by atoms with E-state index in [1.54, 1.807) is 6.26 Å². The van der Waals surface area contributed by atoms with Gasteiger partial charge in [0, 0.05) is 42.7 Å². The summed E-state index contributed by atoms with van der Waals surface area (Å²) < 4.78 is 11.8. The van der Waals surface area contributed by atoms with Gasteiger partial charge >= 0.3 is 6.03 Å². The van der Waals surface area contributed by atoms with Crippen LogP contribution in [0.1, 0.15) is 51.4 Å². The fourth-order valence-electron chi connectivity index (χ4n) is 4.24. The van der Waals surface area contributed by atoms with Crippen LogP contribution in [-0.2, 0) is 10.8 Å². The van der Waals surface area contributed by atoms with Crippen LogP contribution in [0.25, 0.3) is 0 Å². The normalized spacial score (nSPS) is 29.6. The van der Waals surface area contributed by atoms with Crippen LogP contribution in [0, 0.1) is 0 Å². The first-order valence-electron chi connectivity index (χ1n) is 9.21. The topological polar surface area (TPSA) is 52.7 Å². The predicted octanol–water partition coefficient (Wildman–Crippen LogP) is 1.95. The molecule has 2 aliphatic heterocycles. The maximum Gasteiger partial charge on any atom is 0.317 e. The van der Waals surface area contributed by atoms with Crippen molar-refractivity contribution < 1.29 is 9.00 Å². The number of likely N-dealkylation sites (tertiary alicyclic amines) is 2. The highest BCUT2D eigenvalue weighted by Crippen LogP contribution is 2.36. The second kappa shape index (κ2) is 7.51. The fraction of sp³-hybridized carbons (Fsp3) is 0.941. The highest BCUT2D eigenvalue weighted by Gasteiger charge is 2.41. The Balaban J connectivity index is 1.47. The van der Waals surface area contributed by atoms with Crippen LogP contribution in [0.4, 0.5) is 4.79 Å². The first-order valence-corrected chi connectivity index (χ1v) is 10.8. The van der Waals surface area contributed by atoms with E-state index in [4.69, 9.17) is 0 Å². The molecule has 1 saturated carbocycles. The predicted molar refractivity (Wildman–Crippen MR) is 94.1 cm³/mol. The largest absolute Gasteiger partial charge is 0.336 e. The lowest BCUT2D eigenvalue weighted by Gasteiger charge is -2.40. The number of nitrogens with one attached hydrogen (secondary N) is 1. The molecule has 0 aromatic carbocycles. The van der Waals surface area contributed by atoms with Crippen LogP contribution in [-0.4, -0.2) is 69.8 Å². The average Bonchev–Trinajstić information content (AvgIpc) is 2.90. The van der Waals surface area contributed by atoms with E-state index in [0.717, 1.165) is 45.2 Å². The van der Waals surface area contributed by atoms with E-state index < -0.39 is 10.8 Å². The Labute approximate surface area is 142 Å². The lowest BCUT2D eigenvalue weighted by Crippen LogP contribution is -2.53. The molecule has 3 aliphatic rings. The van der Waals surface area contributed by atoms with Crippen molar-refractivity contribution in [1.82, 2.24) is 15.1 Å². The summed E-state index contributed by atoms with van der Waals surface area (Å²) in [6.07, 6.45) is 10.9. The molecule has 3 rings (SSSR count). The minimum absolute atomic E-state index is 0.0452. The molecule has 1 N–H and O–H groups in total. The van der Waals surface area contributed by atoms with Gasteiger partial charge in [0.1, 0.15) is 0 Å². The Bertz CT molecular complexity index is 447. The minimum atomic E-state index is -0.854. The molecule has 2 heterocycles. The molecule has 23 heavy (non-hydrogen) atoms. The summed E-state index contributed by atoms with van der Waals surface area (Å²) in [6, 6.07) is 0.709. The van der Waals surface area contributed by atoms with Crippen molar-refractivity contribution in [3.05, 3.63) is 0 Å². The monoisotopic (exact) mass is 341 g/mol. The SMILES string of the molecule is C[S@](=O)C1(CNC(=O)N2CCC[C@@H](N3CCCC3)CC2)CCC1. The Hall–Kier alpha value is -0.620. The van der Waals surface area contributed by atoms with E-state index in [1.165, 1.54) is 32.4 Å². The number of amides is 2. The van der Waals surface area contributed by atoms with Gasteiger partial charge in [0.15, 0.2) is 0 Å². The highest BCUT2D eigenvalue weighted by atomic mass is 32.2. The van der Waals surface area contributed by atoms with E-state index in [9.17, 15) is 9.00 Å². The standard InChI is InChI=1S/C17H31N3O2S/c1-23(22)17(8-5-9-17)14-18-16(21)20-12-4-6-15(7-13-20)19-10-2-3-11-19/h15H,2-14H2,1H3,(H,18,21)/t15-,23+/m1/s1. The molecule has 2 atom stereocenters. The second-order valence-corrected chi connectivity index (χ2v) is 9.24. The third-order valence-corrected chi connectivity index (χ3v) is 7.85. The zero-order valence-electron chi connectivity index (χ0n) is 14.4. The van der Waals surface area contributed by atoms with Gasteiger partial charge in [-0.2, -0.15) is 0 Å². The van der Waals surface area contributed by atoms with Gasteiger partial charge in [0.05, 0.1) is 4.75 Å². The first-order chi connectivity index (χ1) is 11.1. The van der Waals surface area contributed by atoms with Crippen molar-refractivity contribution >= 4 is 16.8 Å². The second-order valence-electron chi connectivity index (χ2n) is 7.46.